The van der Waals surface area contributed by atoms with Crippen LogP contribution in [0.5, 0.6) is 0 Å². The third-order valence-electron chi connectivity index (χ3n) is 3.60. The molecule has 1 aliphatic carbocycles. The summed E-state index contributed by atoms with van der Waals surface area (Å²) in [4.78, 5) is 11.5. The summed E-state index contributed by atoms with van der Waals surface area (Å²) in [6.45, 7) is 0. The first-order chi connectivity index (χ1) is 7.65. The van der Waals surface area contributed by atoms with E-state index < -0.39 is 11.5 Å². The Morgan fingerprint density at radius 1 is 1.25 bits per heavy atom. The number of hydrogen-bond donors (Lipinski definition) is 2. The van der Waals surface area contributed by atoms with Gasteiger partial charge in [0, 0.05) is 0 Å². The molecule has 16 heavy (non-hydrogen) atoms. The van der Waals surface area contributed by atoms with Crippen LogP contribution in [0.25, 0.3) is 0 Å². The molecule has 0 aliphatic heterocycles. The van der Waals surface area contributed by atoms with Gasteiger partial charge in [0.15, 0.2) is 0 Å². The number of nitrogens with two attached hydrogens (primary N) is 1. The number of hydrogen-bond acceptors (Lipinski definition) is 2. The van der Waals surface area contributed by atoms with Crippen LogP contribution in [0.1, 0.15) is 31.2 Å². The minimum Gasteiger partial charge on any atom is -0.480 e. The van der Waals surface area contributed by atoms with E-state index in [1.54, 1.807) is 0 Å². The van der Waals surface area contributed by atoms with E-state index in [9.17, 15) is 9.90 Å². The minimum atomic E-state index is -1.21. The molecule has 0 unspecified atom stereocenters. The molecule has 1 aliphatic rings. The van der Waals surface area contributed by atoms with Crippen LogP contribution >= 0.6 is 0 Å². The summed E-state index contributed by atoms with van der Waals surface area (Å²) in [5.41, 5.74) is 5.67. The van der Waals surface area contributed by atoms with Crippen molar-refractivity contribution in [3.05, 3.63) is 35.9 Å². The molecular formula is C13H17NO2. The van der Waals surface area contributed by atoms with Crippen molar-refractivity contribution in [1.29, 1.82) is 0 Å². The molecule has 0 heterocycles. The van der Waals surface area contributed by atoms with Crippen LogP contribution in [0.15, 0.2) is 30.3 Å². The zero-order valence-electron chi connectivity index (χ0n) is 9.23. The average molecular weight is 219 g/mol. The largest absolute Gasteiger partial charge is 0.480 e. The first kappa shape index (κ1) is 11.1. The van der Waals surface area contributed by atoms with Crippen LogP contribution in [-0.4, -0.2) is 11.1 Å². The van der Waals surface area contributed by atoms with Gasteiger partial charge in [0.1, 0.15) is 5.54 Å². The lowest BCUT2D eigenvalue weighted by Crippen LogP contribution is -2.50. The number of benzene rings is 1. The molecule has 1 aromatic rings. The number of carboxylic acid groups (broad SMARTS) is 1. The van der Waals surface area contributed by atoms with E-state index in [4.69, 9.17) is 5.73 Å². The van der Waals surface area contributed by atoms with E-state index in [1.807, 2.05) is 30.3 Å². The maximum absolute atomic E-state index is 11.5. The van der Waals surface area contributed by atoms with Gasteiger partial charge in [0.25, 0.3) is 0 Å². The van der Waals surface area contributed by atoms with E-state index in [1.165, 1.54) is 0 Å². The van der Waals surface area contributed by atoms with Gasteiger partial charge < -0.3 is 10.8 Å². The third kappa shape index (κ3) is 1.71. The fourth-order valence-electron chi connectivity index (χ4n) is 2.63. The Morgan fingerprint density at radius 2 is 1.81 bits per heavy atom. The molecule has 0 bridgehead atoms. The lowest BCUT2D eigenvalue weighted by Gasteiger charge is -2.31. The fourth-order valence-corrected chi connectivity index (χ4v) is 2.63. The zero-order chi connectivity index (χ0) is 11.6. The lowest BCUT2D eigenvalue weighted by atomic mass is 9.78. The summed E-state index contributed by atoms with van der Waals surface area (Å²) in [6.07, 6.45) is 4.00. The van der Waals surface area contributed by atoms with Gasteiger partial charge in [-0.2, -0.15) is 0 Å². The Kier molecular flexibility index (Phi) is 2.97. The second-order valence-corrected chi connectivity index (χ2v) is 4.52. The Hall–Kier alpha value is -1.35. The summed E-state index contributed by atoms with van der Waals surface area (Å²) in [7, 11) is 0. The second-order valence-electron chi connectivity index (χ2n) is 4.52. The highest BCUT2D eigenvalue weighted by molar-refractivity contribution is 5.81. The smallest absolute Gasteiger partial charge is 0.328 e. The van der Waals surface area contributed by atoms with E-state index >= 15 is 0 Å². The Labute approximate surface area is 95.3 Å². The zero-order valence-corrected chi connectivity index (χ0v) is 9.23. The van der Waals surface area contributed by atoms with E-state index in [-0.39, 0.29) is 5.92 Å². The van der Waals surface area contributed by atoms with Gasteiger partial charge in [-0.15, -0.1) is 0 Å². The molecule has 0 radical (unpaired) electrons. The summed E-state index contributed by atoms with van der Waals surface area (Å²) in [6, 6.07) is 9.18. The predicted octanol–water partition coefficient (Wildman–Crippen LogP) is 2.12. The highest BCUT2D eigenvalue weighted by Crippen LogP contribution is 2.38. The van der Waals surface area contributed by atoms with Crippen LogP contribution in [0.4, 0.5) is 0 Å². The van der Waals surface area contributed by atoms with Crippen LogP contribution in [0.2, 0.25) is 0 Å². The molecule has 0 saturated heterocycles. The molecule has 1 fully saturated rings. The maximum Gasteiger partial charge on any atom is 0.328 e. The van der Waals surface area contributed by atoms with Gasteiger partial charge >= 0.3 is 5.97 Å². The molecule has 3 nitrogen and oxygen atoms in total. The molecule has 2 rings (SSSR count). The number of carbonyl (C=O) groups is 1. The van der Waals surface area contributed by atoms with Gasteiger partial charge in [-0.05, 0) is 24.3 Å². The van der Waals surface area contributed by atoms with Crippen molar-refractivity contribution in [2.75, 3.05) is 0 Å². The van der Waals surface area contributed by atoms with Gasteiger partial charge in [-0.3, -0.25) is 0 Å². The van der Waals surface area contributed by atoms with E-state index in [0.717, 1.165) is 31.2 Å². The fraction of sp³-hybridized carbons (Fsp3) is 0.462. The Morgan fingerprint density at radius 3 is 2.31 bits per heavy atom. The van der Waals surface area contributed by atoms with Crippen LogP contribution in [0, 0.1) is 5.92 Å². The highest BCUT2D eigenvalue weighted by atomic mass is 16.4. The van der Waals surface area contributed by atoms with Crippen molar-refractivity contribution in [2.24, 2.45) is 11.7 Å². The van der Waals surface area contributed by atoms with Crippen LogP contribution in [-0.2, 0) is 10.3 Å². The quantitative estimate of drug-likeness (QED) is 0.818. The summed E-state index contributed by atoms with van der Waals surface area (Å²) >= 11 is 0. The first-order valence-electron chi connectivity index (χ1n) is 5.73. The molecule has 0 aromatic heterocycles. The maximum atomic E-state index is 11.5. The predicted molar refractivity (Wildman–Crippen MR) is 61.9 cm³/mol. The minimum absolute atomic E-state index is 0.0624. The van der Waals surface area contributed by atoms with Crippen molar-refractivity contribution < 1.29 is 9.90 Å². The molecule has 0 spiro atoms. The Balaban J connectivity index is 2.39. The van der Waals surface area contributed by atoms with Crippen molar-refractivity contribution in [3.8, 4) is 0 Å². The summed E-state index contributed by atoms with van der Waals surface area (Å²) in [5.74, 6) is -0.849. The van der Waals surface area contributed by atoms with Crippen molar-refractivity contribution in [2.45, 2.75) is 31.2 Å². The van der Waals surface area contributed by atoms with Crippen LogP contribution < -0.4 is 5.73 Å². The van der Waals surface area contributed by atoms with Crippen molar-refractivity contribution >= 4 is 5.97 Å². The SMILES string of the molecule is N[C@](C(=O)O)(c1ccccc1)C1CCCC1. The Bertz CT molecular complexity index is 371. The number of carboxylic acids is 1. The second kappa shape index (κ2) is 4.26. The first-order valence-corrected chi connectivity index (χ1v) is 5.73. The summed E-state index contributed by atoms with van der Waals surface area (Å²) in [5, 5.41) is 9.42. The van der Waals surface area contributed by atoms with Gasteiger partial charge in [0.05, 0.1) is 0 Å². The van der Waals surface area contributed by atoms with Gasteiger partial charge in [-0.1, -0.05) is 43.2 Å². The standard InChI is InChI=1S/C13H17NO2/c14-13(12(15)16,11-8-4-5-9-11)10-6-2-1-3-7-10/h1-3,6-7,11H,4-5,8-9,14H2,(H,15,16)/t13-/m1/s1. The molecule has 0 amide bonds. The summed E-state index contributed by atoms with van der Waals surface area (Å²) < 4.78 is 0. The molecule has 86 valence electrons. The van der Waals surface area contributed by atoms with Gasteiger partial charge in [0.2, 0.25) is 0 Å². The van der Waals surface area contributed by atoms with Crippen LogP contribution in [0.3, 0.4) is 0 Å². The highest BCUT2D eigenvalue weighted by Gasteiger charge is 2.44. The van der Waals surface area contributed by atoms with E-state index in [0.29, 0.717) is 0 Å². The molecule has 1 saturated carbocycles. The molecular weight excluding hydrogens is 202 g/mol. The average Bonchev–Trinajstić information content (AvgIpc) is 2.82. The molecule has 1 atom stereocenters. The van der Waals surface area contributed by atoms with E-state index in [2.05, 4.69) is 0 Å². The molecule has 3 heteroatoms. The van der Waals surface area contributed by atoms with Crippen molar-refractivity contribution in [3.63, 3.8) is 0 Å². The normalized spacial score (nSPS) is 20.6. The monoisotopic (exact) mass is 219 g/mol. The molecule has 3 N–H and O–H groups in total. The third-order valence-corrected chi connectivity index (χ3v) is 3.60. The van der Waals surface area contributed by atoms with Crippen molar-refractivity contribution in [1.82, 2.24) is 0 Å². The lowest BCUT2D eigenvalue weighted by molar-refractivity contribution is -0.146. The number of aliphatic carboxylic acids is 1. The molecule has 1 aromatic carbocycles. The van der Waals surface area contributed by atoms with Gasteiger partial charge in [-0.25, -0.2) is 4.79 Å². The number of rotatable bonds is 3. The topological polar surface area (TPSA) is 63.3 Å².